The molecule has 4 nitrogen and oxygen atoms in total. The third-order valence-electron chi connectivity index (χ3n) is 1.10. The Labute approximate surface area is 89.2 Å². The molecular formula is C6H13Cl2NO3S. The molecule has 0 bridgehead atoms. The maximum absolute atomic E-state index is 10.6. The Bertz CT molecular complexity index is 164. The number of carbonyl (C=O) groups excluding carboxylic acids is 1. The number of nitrogens with two attached hydrogens (primary N) is 1. The van der Waals surface area contributed by atoms with Crippen LogP contribution in [-0.2, 0) is 18.8 Å². The minimum Gasteiger partial charge on any atom is -0.468 e. The van der Waals surface area contributed by atoms with E-state index in [1.807, 2.05) is 6.92 Å². The molecule has 0 aliphatic heterocycles. The molecule has 0 heterocycles. The van der Waals surface area contributed by atoms with Gasteiger partial charge in [0.15, 0.2) is 0 Å². The highest BCUT2D eigenvalue weighted by molar-refractivity contribution is 8.26. The topological polar surface area (TPSA) is 69.4 Å². The largest absolute Gasteiger partial charge is 0.468 e. The minimum atomic E-state index is -1.67. The molecule has 0 aromatic heterocycles. The lowest BCUT2D eigenvalue weighted by molar-refractivity contribution is -0.142. The van der Waals surface area contributed by atoms with Crippen LogP contribution in [0.2, 0.25) is 0 Å². The van der Waals surface area contributed by atoms with Gasteiger partial charge in [-0.05, 0) is 6.42 Å². The van der Waals surface area contributed by atoms with Crippen molar-refractivity contribution in [3.05, 3.63) is 0 Å². The fraction of sp³-hybridized carbons (Fsp3) is 0.833. The van der Waals surface area contributed by atoms with E-state index in [0.29, 0.717) is 6.42 Å². The molecule has 0 aliphatic rings. The van der Waals surface area contributed by atoms with Crippen LogP contribution < -0.4 is 5.73 Å². The van der Waals surface area contributed by atoms with Crippen molar-refractivity contribution in [2.24, 2.45) is 5.73 Å². The first-order valence-electron chi connectivity index (χ1n) is 3.53. The standard InChI is InChI=1S/C6H13NO2.Cl2OS/c1-3-4-5(7)6(8)9-2;1-4(2)3/h5H,3-4,7H2,1-2H3;/t5-;/m1./s1. The van der Waals surface area contributed by atoms with Crippen molar-refractivity contribution in [1.82, 2.24) is 0 Å². The highest BCUT2D eigenvalue weighted by Crippen LogP contribution is 1.93. The van der Waals surface area contributed by atoms with Gasteiger partial charge in [0.2, 0.25) is 9.23 Å². The molecule has 0 rings (SSSR count). The van der Waals surface area contributed by atoms with Gasteiger partial charge < -0.3 is 10.5 Å². The maximum Gasteiger partial charge on any atom is 0.322 e. The zero-order valence-corrected chi connectivity index (χ0v) is 9.79. The second kappa shape index (κ2) is 10.2. The van der Waals surface area contributed by atoms with Crippen molar-refractivity contribution >= 4 is 36.6 Å². The van der Waals surface area contributed by atoms with Crippen molar-refractivity contribution < 1.29 is 13.7 Å². The second-order valence-electron chi connectivity index (χ2n) is 2.10. The van der Waals surface area contributed by atoms with E-state index < -0.39 is 15.3 Å². The van der Waals surface area contributed by atoms with Crippen molar-refractivity contribution in [1.29, 1.82) is 0 Å². The van der Waals surface area contributed by atoms with E-state index in [4.69, 9.17) is 9.94 Å². The van der Waals surface area contributed by atoms with E-state index in [9.17, 15) is 4.79 Å². The Kier molecular flexibility index (Phi) is 12.3. The lowest BCUT2D eigenvalue weighted by atomic mass is 10.2. The molecule has 0 aromatic rings. The summed E-state index contributed by atoms with van der Waals surface area (Å²) >= 11 is 0. The molecule has 0 saturated heterocycles. The van der Waals surface area contributed by atoms with Crippen molar-refractivity contribution in [2.45, 2.75) is 25.8 Å². The molecule has 80 valence electrons. The minimum absolute atomic E-state index is 0.322. The number of halogens is 2. The fourth-order valence-electron chi connectivity index (χ4n) is 0.580. The molecule has 0 spiro atoms. The van der Waals surface area contributed by atoms with Gasteiger partial charge in [0.05, 0.1) is 7.11 Å². The Morgan fingerprint density at radius 3 is 2.23 bits per heavy atom. The highest BCUT2D eigenvalue weighted by atomic mass is 36.0. The van der Waals surface area contributed by atoms with Gasteiger partial charge >= 0.3 is 5.97 Å². The van der Waals surface area contributed by atoms with Crippen LogP contribution in [0.3, 0.4) is 0 Å². The highest BCUT2D eigenvalue weighted by Gasteiger charge is 2.10. The van der Waals surface area contributed by atoms with E-state index in [2.05, 4.69) is 26.1 Å². The van der Waals surface area contributed by atoms with Crippen molar-refractivity contribution in [2.75, 3.05) is 7.11 Å². The predicted octanol–water partition coefficient (Wildman–Crippen LogP) is 1.33. The lowest BCUT2D eigenvalue weighted by Gasteiger charge is -2.05. The number of carbonyl (C=O) groups is 1. The normalized spacial score (nSPS) is 11.5. The third kappa shape index (κ3) is 15.0. The smallest absolute Gasteiger partial charge is 0.322 e. The van der Waals surface area contributed by atoms with Gasteiger partial charge in [-0.15, -0.1) is 0 Å². The second-order valence-corrected chi connectivity index (χ2v) is 4.63. The zero-order chi connectivity index (χ0) is 10.9. The van der Waals surface area contributed by atoms with E-state index in [1.165, 1.54) is 7.11 Å². The molecule has 0 aromatic carbocycles. The van der Waals surface area contributed by atoms with Gasteiger partial charge in [0.1, 0.15) is 6.04 Å². The summed E-state index contributed by atoms with van der Waals surface area (Å²) in [5, 5.41) is 0. The summed E-state index contributed by atoms with van der Waals surface area (Å²) in [6.07, 6.45) is 1.61. The predicted molar refractivity (Wildman–Crippen MR) is 54.7 cm³/mol. The number of esters is 1. The van der Waals surface area contributed by atoms with Crippen LogP contribution in [0.25, 0.3) is 0 Å². The summed E-state index contributed by atoms with van der Waals surface area (Å²) < 4.78 is 13.5. The molecule has 13 heavy (non-hydrogen) atoms. The summed E-state index contributed by atoms with van der Waals surface area (Å²) in [7, 11) is 8.70. The monoisotopic (exact) mass is 249 g/mol. The SMILES string of the molecule is CCC[C@@H](N)C(=O)OC.O=S(Cl)Cl. The lowest BCUT2D eigenvalue weighted by Crippen LogP contribution is -2.31. The summed E-state index contributed by atoms with van der Waals surface area (Å²) in [5.41, 5.74) is 5.36. The third-order valence-corrected chi connectivity index (χ3v) is 1.10. The number of hydrogen-bond acceptors (Lipinski definition) is 4. The molecular weight excluding hydrogens is 237 g/mol. The van der Waals surface area contributed by atoms with Gasteiger partial charge in [-0.1, -0.05) is 13.3 Å². The first-order valence-corrected chi connectivity index (χ1v) is 6.33. The van der Waals surface area contributed by atoms with Crippen LogP contribution >= 0.6 is 21.4 Å². The van der Waals surface area contributed by atoms with Crippen molar-refractivity contribution in [3.63, 3.8) is 0 Å². The first-order chi connectivity index (χ1) is 5.95. The van der Waals surface area contributed by atoms with Crippen LogP contribution in [0.15, 0.2) is 0 Å². The Morgan fingerprint density at radius 1 is 1.62 bits per heavy atom. The molecule has 0 unspecified atom stereocenters. The molecule has 0 saturated carbocycles. The average Bonchev–Trinajstić information content (AvgIpc) is 2.02. The quantitative estimate of drug-likeness (QED) is 0.606. The van der Waals surface area contributed by atoms with Gasteiger partial charge in [0.25, 0.3) is 0 Å². The molecule has 0 radical (unpaired) electrons. The van der Waals surface area contributed by atoms with Crippen LogP contribution in [0.5, 0.6) is 0 Å². The van der Waals surface area contributed by atoms with E-state index in [0.717, 1.165) is 6.42 Å². The summed E-state index contributed by atoms with van der Waals surface area (Å²) in [6, 6.07) is -0.431. The Balaban J connectivity index is 0. The first kappa shape index (κ1) is 15.6. The number of methoxy groups -OCH3 is 1. The van der Waals surface area contributed by atoms with Crippen LogP contribution in [0.4, 0.5) is 0 Å². The maximum atomic E-state index is 10.6. The molecule has 1 atom stereocenters. The van der Waals surface area contributed by atoms with E-state index >= 15 is 0 Å². The van der Waals surface area contributed by atoms with Gasteiger partial charge in [-0.2, -0.15) is 0 Å². The summed E-state index contributed by atoms with van der Waals surface area (Å²) in [6.45, 7) is 1.98. The van der Waals surface area contributed by atoms with E-state index in [1.54, 1.807) is 0 Å². The Morgan fingerprint density at radius 2 is 2.00 bits per heavy atom. The fourth-order valence-corrected chi connectivity index (χ4v) is 0.580. The van der Waals surface area contributed by atoms with Gasteiger partial charge in [0, 0.05) is 21.4 Å². The molecule has 0 amide bonds. The summed E-state index contributed by atoms with van der Waals surface area (Å²) in [4.78, 5) is 10.6. The van der Waals surface area contributed by atoms with Crippen LogP contribution in [-0.4, -0.2) is 23.3 Å². The van der Waals surface area contributed by atoms with Crippen molar-refractivity contribution in [3.8, 4) is 0 Å². The molecule has 0 aliphatic carbocycles. The van der Waals surface area contributed by atoms with Crippen LogP contribution in [0, 0.1) is 0 Å². The van der Waals surface area contributed by atoms with Gasteiger partial charge in [-0.25, -0.2) is 4.21 Å². The zero-order valence-electron chi connectivity index (χ0n) is 7.46. The Hall–Kier alpha value is 0.160. The summed E-state index contributed by atoms with van der Waals surface area (Å²) in [5.74, 6) is -0.322. The number of rotatable bonds is 3. The molecule has 2 N–H and O–H groups in total. The van der Waals surface area contributed by atoms with E-state index in [-0.39, 0.29) is 5.97 Å². The molecule has 7 heteroatoms. The number of hydrogen-bond donors (Lipinski definition) is 1. The average molecular weight is 250 g/mol. The van der Waals surface area contributed by atoms with Gasteiger partial charge in [-0.3, -0.25) is 4.79 Å². The molecule has 0 fully saturated rings. The number of ether oxygens (including phenoxy) is 1. The van der Waals surface area contributed by atoms with Crippen LogP contribution in [0.1, 0.15) is 19.8 Å².